The van der Waals surface area contributed by atoms with Gasteiger partial charge in [0.2, 0.25) is 0 Å². The van der Waals surface area contributed by atoms with Crippen LogP contribution >= 0.6 is 0 Å². The molecule has 3 atom stereocenters. The van der Waals surface area contributed by atoms with Crippen molar-refractivity contribution in [1.82, 2.24) is 0 Å². The van der Waals surface area contributed by atoms with Crippen molar-refractivity contribution in [2.45, 2.75) is 32.1 Å². The van der Waals surface area contributed by atoms with Crippen LogP contribution in [0.5, 0.6) is 0 Å². The summed E-state index contributed by atoms with van der Waals surface area (Å²) in [4.78, 5) is 21.6. The highest BCUT2D eigenvalue weighted by Crippen LogP contribution is 2.43. The van der Waals surface area contributed by atoms with Crippen molar-refractivity contribution in [3.8, 4) is 0 Å². The number of hydrogen-bond donors (Lipinski definition) is 0. The van der Waals surface area contributed by atoms with Gasteiger partial charge in [-0.25, -0.2) is 0 Å². The third-order valence-electron chi connectivity index (χ3n) is 3.17. The van der Waals surface area contributed by atoms with Gasteiger partial charge in [-0.05, 0) is 31.6 Å². The first kappa shape index (κ1) is 7.96. The van der Waals surface area contributed by atoms with Crippen molar-refractivity contribution in [3.63, 3.8) is 0 Å². The van der Waals surface area contributed by atoms with Crippen LogP contribution in [-0.4, -0.2) is 12.1 Å². The molecule has 0 aromatic carbocycles. The molecule has 0 N–H and O–H groups in total. The Labute approximate surface area is 72.3 Å². The molecule has 66 valence electrons. The third-order valence-corrected chi connectivity index (χ3v) is 3.17. The van der Waals surface area contributed by atoms with Gasteiger partial charge in [0.1, 0.15) is 12.1 Å². The van der Waals surface area contributed by atoms with E-state index in [4.69, 9.17) is 0 Å². The van der Waals surface area contributed by atoms with Gasteiger partial charge >= 0.3 is 0 Å². The molecule has 0 amide bonds. The fraction of sp³-hybridized carbons (Fsp3) is 0.800. The van der Waals surface area contributed by atoms with Crippen LogP contribution in [0, 0.1) is 17.8 Å². The summed E-state index contributed by atoms with van der Waals surface area (Å²) < 4.78 is 0. The van der Waals surface area contributed by atoms with Crippen molar-refractivity contribution in [2.75, 3.05) is 0 Å². The summed E-state index contributed by atoms with van der Waals surface area (Å²) in [5.74, 6) is 1.58. The minimum absolute atomic E-state index is 0.290. The molecule has 2 rings (SSSR count). The van der Waals surface area contributed by atoms with Crippen LogP contribution < -0.4 is 0 Å². The van der Waals surface area contributed by atoms with Gasteiger partial charge in [-0.2, -0.15) is 0 Å². The zero-order chi connectivity index (χ0) is 8.55. The number of carbonyl (C=O) groups excluding carboxylic acids is 2. The molecule has 12 heavy (non-hydrogen) atoms. The van der Waals surface area contributed by atoms with Crippen LogP contribution in [0.3, 0.4) is 0 Å². The normalized spacial score (nSPS) is 40.0. The van der Waals surface area contributed by atoms with Crippen LogP contribution in [0.25, 0.3) is 0 Å². The third kappa shape index (κ3) is 1.43. The number of ketones is 1. The van der Waals surface area contributed by atoms with E-state index in [2.05, 4.69) is 0 Å². The second-order valence-electron chi connectivity index (χ2n) is 4.09. The smallest absolute Gasteiger partial charge is 0.135 e. The Morgan fingerprint density at radius 3 is 2.83 bits per heavy atom. The lowest BCUT2D eigenvalue weighted by Gasteiger charge is -2.04. The Morgan fingerprint density at radius 1 is 1.50 bits per heavy atom. The Hall–Kier alpha value is -0.660. The van der Waals surface area contributed by atoms with E-state index in [1.54, 1.807) is 0 Å². The second kappa shape index (κ2) is 3.00. The van der Waals surface area contributed by atoms with Crippen LogP contribution in [0.15, 0.2) is 0 Å². The topological polar surface area (TPSA) is 34.1 Å². The van der Waals surface area contributed by atoms with Crippen molar-refractivity contribution in [2.24, 2.45) is 17.8 Å². The summed E-state index contributed by atoms with van der Waals surface area (Å²) in [6.07, 6.45) is 5.99. The Bertz CT molecular complexity index is 210. The quantitative estimate of drug-likeness (QED) is 0.596. The van der Waals surface area contributed by atoms with Crippen LogP contribution in [0.2, 0.25) is 0 Å². The maximum Gasteiger partial charge on any atom is 0.135 e. The lowest BCUT2D eigenvalue weighted by Crippen LogP contribution is -2.07. The number of hydrogen-bond acceptors (Lipinski definition) is 2. The maximum absolute atomic E-state index is 11.2. The van der Waals surface area contributed by atoms with E-state index < -0.39 is 0 Å². The van der Waals surface area contributed by atoms with E-state index in [1.165, 1.54) is 0 Å². The van der Waals surface area contributed by atoms with E-state index in [1.807, 2.05) is 0 Å². The molecule has 2 nitrogen and oxygen atoms in total. The number of aldehydes is 1. The largest absolute Gasteiger partial charge is 0.303 e. The number of rotatable bonds is 3. The predicted molar refractivity (Wildman–Crippen MR) is 44.6 cm³/mol. The minimum Gasteiger partial charge on any atom is -0.303 e. The van der Waals surface area contributed by atoms with Gasteiger partial charge in [-0.15, -0.1) is 0 Å². The van der Waals surface area contributed by atoms with E-state index in [9.17, 15) is 9.59 Å². The number of carbonyl (C=O) groups is 2. The highest BCUT2D eigenvalue weighted by atomic mass is 16.1. The summed E-state index contributed by atoms with van der Waals surface area (Å²) in [5, 5.41) is 0. The lowest BCUT2D eigenvalue weighted by atomic mass is 9.99. The molecule has 2 saturated carbocycles. The predicted octanol–water partition coefficient (Wildman–Crippen LogP) is 1.58. The molecule has 0 saturated heterocycles. The summed E-state index contributed by atoms with van der Waals surface area (Å²) in [6, 6.07) is 0. The van der Waals surface area contributed by atoms with Gasteiger partial charge in [0, 0.05) is 18.3 Å². The first-order chi connectivity index (χ1) is 5.81. The molecule has 0 radical (unpaired) electrons. The fourth-order valence-corrected chi connectivity index (χ4v) is 2.21. The van der Waals surface area contributed by atoms with E-state index >= 15 is 0 Å². The van der Waals surface area contributed by atoms with Gasteiger partial charge < -0.3 is 4.79 Å². The molecule has 0 spiro atoms. The second-order valence-corrected chi connectivity index (χ2v) is 4.09. The fourth-order valence-electron chi connectivity index (χ4n) is 2.21. The van der Waals surface area contributed by atoms with Gasteiger partial charge in [-0.3, -0.25) is 4.79 Å². The average molecular weight is 166 g/mol. The van der Waals surface area contributed by atoms with E-state index in [0.29, 0.717) is 23.5 Å². The van der Waals surface area contributed by atoms with E-state index in [0.717, 1.165) is 38.4 Å². The van der Waals surface area contributed by atoms with Crippen molar-refractivity contribution < 1.29 is 9.59 Å². The zero-order valence-electron chi connectivity index (χ0n) is 7.16. The molecule has 2 aliphatic rings. The Morgan fingerprint density at radius 2 is 2.33 bits per heavy atom. The van der Waals surface area contributed by atoms with Gasteiger partial charge in [0.15, 0.2) is 0 Å². The zero-order valence-corrected chi connectivity index (χ0v) is 7.16. The van der Waals surface area contributed by atoms with Gasteiger partial charge in [0.05, 0.1) is 0 Å². The highest BCUT2D eigenvalue weighted by molar-refractivity contribution is 5.82. The van der Waals surface area contributed by atoms with Crippen molar-refractivity contribution >= 4 is 12.1 Å². The molecule has 0 aromatic rings. The molecule has 2 aliphatic carbocycles. The van der Waals surface area contributed by atoms with E-state index in [-0.39, 0.29) is 0 Å². The van der Waals surface area contributed by atoms with Crippen LogP contribution in [-0.2, 0) is 9.59 Å². The van der Waals surface area contributed by atoms with Crippen LogP contribution in [0.4, 0.5) is 0 Å². The summed E-state index contributed by atoms with van der Waals surface area (Å²) in [5.41, 5.74) is 0. The molecule has 0 heterocycles. The first-order valence-electron chi connectivity index (χ1n) is 4.79. The standard InChI is InChI=1S/C10H14O2/c11-6-9-5-8(9)4-7-2-1-3-10(7)12/h6-9H,1-5H2. The summed E-state index contributed by atoms with van der Waals surface area (Å²) >= 11 is 0. The van der Waals surface area contributed by atoms with Gasteiger partial charge in [-0.1, -0.05) is 0 Å². The minimum atomic E-state index is 0.290. The summed E-state index contributed by atoms with van der Waals surface area (Å²) in [7, 11) is 0. The average Bonchev–Trinajstić information content (AvgIpc) is 2.70. The molecule has 0 aromatic heterocycles. The Balaban J connectivity index is 1.80. The SMILES string of the molecule is O=CC1CC1CC1CCCC1=O. The first-order valence-corrected chi connectivity index (χ1v) is 4.79. The molecule has 3 unspecified atom stereocenters. The molecule has 2 heteroatoms. The molecular formula is C10H14O2. The highest BCUT2D eigenvalue weighted by Gasteiger charge is 2.40. The van der Waals surface area contributed by atoms with Crippen molar-refractivity contribution in [3.05, 3.63) is 0 Å². The monoisotopic (exact) mass is 166 g/mol. The lowest BCUT2D eigenvalue weighted by molar-refractivity contribution is -0.121. The molecule has 0 aliphatic heterocycles. The maximum atomic E-state index is 11.2. The molecule has 2 fully saturated rings. The van der Waals surface area contributed by atoms with Gasteiger partial charge in [0.25, 0.3) is 0 Å². The Kier molecular flexibility index (Phi) is 1.99. The van der Waals surface area contributed by atoms with Crippen molar-refractivity contribution in [1.29, 1.82) is 0 Å². The number of Topliss-reactive ketones (excluding diaryl/α,β-unsaturated/α-hetero) is 1. The molecule has 0 bridgehead atoms. The molecular weight excluding hydrogens is 152 g/mol. The summed E-state index contributed by atoms with van der Waals surface area (Å²) in [6.45, 7) is 0. The van der Waals surface area contributed by atoms with Crippen LogP contribution in [0.1, 0.15) is 32.1 Å².